The molecule has 0 aliphatic carbocycles. The summed E-state index contributed by atoms with van der Waals surface area (Å²) in [6.07, 6.45) is 2.72. The van der Waals surface area contributed by atoms with Gasteiger partial charge in [0.25, 0.3) is 0 Å². The average Bonchev–Trinajstić information content (AvgIpc) is 2.98. The summed E-state index contributed by atoms with van der Waals surface area (Å²) in [6.45, 7) is 2.05. The Morgan fingerprint density at radius 3 is 2.74 bits per heavy atom. The Morgan fingerprint density at radius 1 is 1.32 bits per heavy atom. The fraction of sp³-hybridized carbons (Fsp3) is 0.143. The molecule has 0 saturated carbocycles. The smallest absolute Gasteiger partial charge is 0.196 e. The van der Waals surface area contributed by atoms with Crippen LogP contribution in [-0.4, -0.2) is 22.7 Å². The minimum atomic E-state index is 0.583. The lowest BCUT2D eigenvalue weighted by atomic mass is 10.2. The van der Waals surface area contributed by atoms with Crippen molar-refractivity contribution < 1.29 is 4.79 Å². The molecule has 0 amide bonds. The Morgan fingerprint density at radius 2 is 2.05 bits per heavy atom. The Hall–Kier alpha value is -2.14. The summed E-state index contributed by atoms with van der Waals surface area (Å²) in [4.78, 5) is 18.6. The summed E-state index contributed by atoms with van der Waals surface area (Å²) >= 11 is 1.52. The van der Waals surface area contributed by atoms with Crippen LogP contribution in [0.5, 0.6) is 0 Å². The molecular formula is C14H13N3OS. The van der Waals surface area contributed by atoms with Gasteiger partial charge < -0.3 is 4.90 Å². The van der Waals surface area contributed by atoms with E-state index in [2.05, 4.69) is 4.98 Å². The van der Waals surface area contributed by atoms with Crippen LogP contribution in [0.1, 0.15) is 16.1 Å². The average molecular weight is 271 g/mol. The summed E-state index contributed by atoms with van der Waals surface area (Å²) in [5, 5.41) is 1.92. The molecule has 0 radical (unpaired) electrons. The van der Waals surface area contributed by atoms with Gasteiger partial charge in [0, 0.05) is 24.3 Å². The van der Waals surface area contributed by atoms with Gasteiger partial charge in [0.05, 0.1) is 0 Å². The highest BCUT2D eigenvalue weighted by Gasteiger charge is 2.16. The van der Waals surface area contributed by atoms with Gasteiger partial charge in [0.2, 0.25) is 0 Å². The topological polar surface area (TPSA) is 37.6 Å². The molecule has 2 heterocycles. The highest BCUT2D eigenvalue weighted by molar-refractivity contribution is 7.15. The fourth-order valence-corrected chi connectivity index (χ4v) is 2.76. The molecule has 0 saturated heterocycles. The molecule has 0 N–H and O–H groups in total. The van der Waals surface area contributed by atoms with E-state index in [0.717, 1.165) is 16.9 Å². The molecule has 2 aromatic heterocycles. The van der Waals surface area contributed by atoms with Crippen LogP contribution in [0.25, 0.3) is 4.96 Å². The minimum absolute atomic E-state index is 0.583. The second-order valence-electron chi connectivity index (χ2n) is 4.39. The predicted molar refractivity (Wildman–Crippen MR) is 77.7 cm³/mol. The van der Waals surface area contributed by atoms with Crippen molar-refractivity contribution >= 4 is 34.1 Å². The molecule has 0 aliphatic rings. The molecule has 0 unspecified atom stereocenters. The Balaban J connectivity index is 2.10. The van der Waals surface area contributed by atoms with Crippen LogP contribution in [0.15, 0.2) is 35.8 Å². The number of aromatic nitrogens is 2. The lowest BCUT2D eigenvalue weighted by Crippen LogP contribution is -2.12. The standard InChI is InChI=1S/C14H13N3OS/c1-10-3-5-11(6-4-10)16(2)13-12(9-18)17-7-8-19-14(17)15-13/h3-9H,1-2H3. The van der Waals surface area contributed by atoms with Crippen LogP contribution >= 0.6 is 11.3 Å². The molecule has 1 aromatic carbocycles. The van der Waals surface area contributed by atoms with Gasteiger partial charge in [-0.3, -0.25) is 9.20 Å². The van der Waals surface area contributed by atoms with Crippen molar-refractivity contribution in [2.75, 3.05) is 11.9 Å². The summed E-state index contributed by atoms with van der Waals surface area (Å²) in [5.41, 5.74) is 2.80. The molecule has 0 atom stereocenters. The predicted octanol–water partition coefficient (Wildman–Crippen LogP) is 3.28. The fourth-order valence-electron chi connectivity index (χ4n) is 2.04. The number of hydrogen-bond donors (Lipinski definition) is 0. The van der Waals surface area contributed by atoms with Gasteiger partial charge in [-0.25, -0.2) is 4.98 Å². The zero-order valence-electron chi connectivity index (χ0n) is 10.7. The van der Waals surface area contributed by atoms with Gasteiger partial charge >= 0.3 is 0 Å². The Labute approximate surface area is 114 Å². The first-order valence-corrected chi connectivity index (χ1v) is 6.80. The summed E-state index contributed by atoms with van der Waals surface area (Å²) in [5.74, 6) is 0.686. The molecule has 0 bridgehead atoms. The van der Waals surface area contributed by atoms with Gasteiger partial charge in [-0.05, 0) is 19.1 Å². The molecular weight excluding hydrogens is 258 g/mol. The number of imidazole rings is 1. The van der Waals surface area contributed by atoms with E-state index < -0.39 is 0 Å². The number of rotatable bonds is 3. The molecule has 3 aromatic rings. The van der Waals surface area contributed by atoms with Crippen LogP contribution < -0.4 is 4.90 Å². The molecule has 0 fully saturated rings. The Kier molecular flexibility index (Phi) is 2.83. The largest absolute Gasteiger partial charge is 0.328 e. The van der Waals surface area contributed by atoms with Gasteiger partial charge in [-0.15, -0.1) is 11.3 Å². The third kappa shape index (κ3) is 1.92. The van der Waals surface area contributed by atoms with Crippen LogP contribution in [0.4, 0.5) is 11.5 Å². The number of anilines is 2. The number of aldehydes is 1. The van der Waals surface area contributed by atoms with E-state index in [4.69, 9.17) is 0 Å². The maximum Gasteiger partial charge on any atom is 0.196 e. The third-order valence-corrected chi connectivity index (χ3v) is 3.89. The first-order valence-electron chi connectivity index (χ1n) is 5.92. The highest BCUT2D eigenvalue weighted by Crippen LogP contribution is 2.28. The number of fused-ring (bicyclic) bond motifs is 1. The van der Waals surface area contributed by atoms with Crippen LogP contribution in [-0.2, 0) is 0 Å². The first kappa shape index (κ1) is 11.9. The molecule has 5 heteroatoms. The lowest BCUT2D eigenvalue weighted by molar-refractivity contribution is 0.111. The quantitative estimate of drug-likeness (QED) is 0.686. The normalized spacial score (nSPS) is 10.8. The highest BCUT2D eigenvalue weighted by atomic mass is 32.1. The van der Waals surface area contributed by atoms with Crippen molar-refractivity contribution in [1.82, 2.24) is 9.38 Å². The Bertz CT molecular complexity index is 727. The number of benzene rings is 1. The summed E-state index contributed by atoms with van der Waals surface area (Å²) in [7, 11) is 1.92. The maximum atomic E-state index is 11.3. The van der Waals surface area contributed by atoms with Crippen molar-refractivity contribution in [3.8, 4) is 0 Å². The van der Waals surface area contributed by atoms with Crippen molar-refractivity contribution in [1.29, 1.82) is 0 Å². The lowest BCUT2D eigenvalue weighted by Gasteiger charge is -2.17. The molecule has 3 rings (SSSR count). The maximum absolute atomic E-state index is 11.3. The number of nitrogens with zero attached hydrogens (tertiary/aromatic N) is 3. The van der Waals surface area contributed by atoms with Gasteiger partial charge in [0.15, 0.2) is 17.1 Å². The monoisotopic (exact) mass is 271 g/mol. The number of carbonyl (C=O) groups is 1. The van der Waals surface area contributed by atoms with Crippen molar-refractivity contribution in [3.05, 3.63) is 47.1 Å². The zero-order valence-corrected chi connectivity index (χ0v) is 11.5. The third-order valence-electron chi connectivity index (χ3n) is 3.13. The molecule has 19 heavy (non-hydrogen) atoms. The van der Waals surface area contributed by atoms with Gasteiger partial charge in [-0.1, -0.05) is 17.7 Å². The van der Waals surface area contributed by atoms with Gasteiger partial charge in [-0.2, -0.15) is 0 Å². The SMILES string of the molecule is Cc1ccc(N(C)c2nc3sccn3c2C=O)cc1. The van der Waals surface area contributed by atoms with Gasteiger partial charge in [0.1, 0.15) is 5.69 Å². The number of aryl methyl sites for hydroxylation is 1. The second kappa shape index (κ2) is 4.51. The minimum Gasteiger partial charge on any atom is -0.328 e. The first-order chi connectivity index (χ1) is 9.20. The summed E-state index contributed by atoms with van der Waals surface area (Å²) in [6, 6.07) is 8.14. The van der Waals surface area contributed by atoms with Crippen molar-refractivity contribution in [3.63, 3.8) is 0 Å². The molecule has 4 nitrogen and oxygen atoms in total. The zero-order chi connectivity index (χ0) is 13.4. The van der Waals surface area contributed by atoms with E-state index in [1.807, 2.05) is 59.1 Å². The van der Waals surface area contributed by atoms with E-state index in [-0.39, 0.29) is 0 Å². The van der Waals surface area contributed by atoms with E-state index in [1.54, 1.807) is 0 Å². The number of carbonyl (C=O) groups excluding carboxylic acids is 1. The van der Waals surface area contributed by atoms with Crippen LogP contribution in [0, 0.1) is 6.92 Å². The number of thiazole rings is 1. The molecule has 0 spiro atoms. The van der Waals surface area contributed by atoms with E-state index in [9.17, 15) is 4.79 Å². The van der Waals surface area contributed by atoms with E-state index in [0.29, 0.717) is 11.5 Å². The molecule has 96 valence electrons. The second-order valence-corrected chi connectivity index (χ2v) is 5.26. The van der Waals surface area contributed by atoms with Crippen LogP contribution in [0.2, 0.25) is 0 Å². The van der Waals surface area contributed by atoms with E-state index >= 15 is 0 Å². The molecule has 0 aliphatic heterocycles. The summed E-state index contributed by atoms with van der Waals surface area (Å²) < 4.78 is 1.82. The van der Waals surface area contributed by atoms with E-state index in [1.165, 1.54) is 16.9 Å². The number of hydrogen-bond acceptors (Lipinski definition) is 4. The van der Waals surface area contributed by atoms with Crippen LogP contribution in [0.3, 0.4) is 0 Å². The van der Waals surface area contributed by atoms with Crippen molar-refractivity contribution in [2.45, 2.75) is 6.92 Å². The van der Waals surface area contributed by atoms with Crippen molar-refractivity contribution in [2.24, 2.45) is 0 Å².